The summed E-state index contributed by atoms with van der Waals surface area (Å²) in [4.78, 5) is 32.5. The van der Waals surface area contributed by atoms with Crippen LogP contribution >= 0.6 is 11.6 Å². The third kappa shape index (κ3) is 4.94. The monoisotopic (exact) mass is 458 g/mol. The number of aryl methyl sites for hydroxylation is 1. The minimum absolute atomic E-state index is 0.218. The molecule has 2 heterocycles. The van der Waals surface area contributed by atoms with E-state index in [4.69, 9.17) is 16.3 Å². The molecule has 0 aliphatic heterocycles. The van der Waals surface area contributed by atoms with Crippen molar-refractivity contribution in [3.05, 3.63) is 56.6 Å². The molecule has 0 saturated heterocycles. The van der Waals surface area contributed by atoms with Crippen LogP contribution < -0.4 is 20.9 Å². The normalized spacial score (nSPS) is 11.3. The molecule has 0 aliphatic carbocycles. The summed E-state index contributed by atoms with van der Waals surface area (Å²) in [7, 11) is 1.50. The van der Waals surface area contributed by atoms with E-state index in [0.717, 1.165) is 0 Å². The van der Waals surface area contributed by atoms with E-state index in [1.54, 1.807) is 31.2 Å². The number of benzene rings is 1. The zero-order valence-corrected chi connectivity index (χ0v) is 19.7. The zero-order valence-electron chi connectivity index (χ0n) is 19.0. The number of ether oxygens (including phenoxy) is 1. The molecule has 0 aliphatic rings. The number of hydrogen-bond acceptors (Lipinski definition) is 5. The molecule has 3 aromatic rings. The lowest BCUT2D eigenvalue weighted by Gasteiger charge is -2.14. The smallest absolute Gasteiger partial charge is 0.324 e. The van der Waals surface area contributed by atoms with Crippen molar-refractivity contribution in [3.63, 3.8) is 0 Å². The number of urea groups is 1. The molecular formula is C22H27ClN6O3. The van der Waals surface area contributed by atoms with Gasteiger partial charge in [0, 0.05) is 27.8 Å². The quantitative estimate of drug-likeness (QED) is 0.523. The zero-order chi connectivity index (χ0) is 23.6. The number of nitrogens with one attached hydrogen (secondary N) is 3. The highest BCUT2D eigenvalue weighted by Gasteiger charge is 2.23. The van der Waals surface area contributed by atoms with E-state index in [0.29, 0.717) is 45.6 Å². The second-order valence-electron chi connectivity index (χ2n) is 8.31. The van der Waals surface area contributed by atoms with Crippen molar-refractivity contribution in [3.8, 4) is 11.7 Å². The summed E-state index contributed by atoms with van der Waals surface area (Å²) < 4.78 is 6.69. The van der Waals surface area contributed by atoms with Crippen molar-refractivity contribution < 1.29 is 9.53 Å². The molecule has 0 saturated carbocycles. The van der Waals surface area contributed by atoms with Crippen molar-refractivity contribution >= 4 is 29.1 Å². The number of H-pyrrole nitrogens is 1. The van der Waals surface area contributed by atoms with Crippen LogP contribution in [0.1, 0.15) is 44.6 Å². The second-order valence-corrected chi connectivity index (χ2v) is 8.74. The number of anilines is 2. The van der Waals surface area contributed by atoms with E-state index >= 15 is 0 Å². The molecule has 0 radical (unpaired) electrons. The summed E-state index contributed by atoms with van der Waals surface area (Å²) in [6, 6.07) is 6.13. The fraction of sp³-hybridized carbons (Fsp3) is 0.364. The first-order chi connectivity index (χ1) is 15.0. The number of halogens is 1. The number of methoxy groups -OCH3 is 1. The van der Waals surface area contributed by atoms with Crippen LogP contribution in [0.4, 0.5) is 16.3 Å². The van der Waals surface area contributed by atoms with Crippen LogP contribution in [-0.4, -0.2) is 32.9 Å². The fourth-order valence-electron chi connectivity index (χ4n) is 3.16. The van der Waals surface area contributed by atoms with Crippen molar-refractivity contribution in [2.45, 2.75) is 46.5 Å². The lowest BCUT2D eigenvalue weighted by Crippen LogP contribution is -2.24. The SMILES string of the molecule is CCc1c(C)nc(-n2nc(C(C)(C)C)cc2NC(=O)Nc2cc(Cl)ccc2OC)[nH]c1=O. The number of nitrogens with zero attached hydrogens (tertiary/aromatic N) is 3. The number of aromatic nitrogens is 4. The Morgan fingerprint density at radius 3 is 2.56 bits per heavy atom. The van der Waals surface area contributed by atoms with E-state index in [9.17, 15) is 9.59 Å². The van der Waals surface area contributed by atoms with Gasteiger partial charge in [0.1, 0.15) is 11.6 Å². The van der Waals surface area contributed by atoms with Crippen molar-refractivity contribution in [1.82, 2.24) is 19.7 Å². The van der Waals surface area contributed by atoms with Gasteiger partial charge in [-0.2, -0.15) is 9.78 Å². The molecule has 9 nitrogen and oxygen atoms in total. The van der Waals surface area contributed by atoms with Crippen molar-refractivity contribution in [1.29, 1.82) is 0 Å². The number of carbonyl (C=O) groups excluding carboxylic acids is 1. The molecule has 2 aromatic heterocycles. The molecule has 10 heteroatoms. The Morgan fingerprint density at radius 1 is 1.25 bits per heavy atom. The van der Waals surface area contributed by atoms with Crippen LogP contribution in [0.15, 0.2) is 29.1 Å². The van der Waals surface area contributed by atoms with Crippen molar-refractivity contribution in [2.24, 2.45) is 0 Å². The van der Waals surface area contributed by atoms with Crippen molar-refractivity contribution in [2.75, 3.05) is 17.7 Å². The Balaban J connectivity index is 2.00. The number of carbonyl (C=O) groups is 1. The van der Waals surface area contributed by atoms with E-state index in [2.05, 4.69) is 25.7 Å². The standard InChI is InChI=1S/C22H27ClN6O3/c1-7-14-12(2)24-20(27-19(14)30)29-18(11-17(28-29)22(3,4)5)26-21(31)25-15-10-13(23)8-9-16(15)32-6/h8-11H,7H2,1-6H3,(H,24,27,30)(H2,25,26,31). The van der Waals surface area contributed by atoms with Crippen LogP contribution in [-0.2, 0) is 11.8 Å². The first kappa shape index (κ1) is 23.3. The molecular weight excluding hydrogens is 432 g/mol. The van der Waals surface area contributed by atoms with E-state index in [1.807, 2.05) is 27.7 Å². The van der Waals surface area contributed by atoms with Gasteiger partial charge in [-0.05, 0) is 31.5 Å². The van der Waals surface area contributed by atoms with Gasteiger partial charge in [-0.1, -0.05) is 39.3 Å². The highest BCUT2D eigenvalue weighted by Crippen LogP contribution is 2.29. The first-order valence-corrected chi connectivity index (χ1v) is 10.5. The predicted molar refractivity (Wildman–Crippen MR) is 125 cm³/mol. The van der Waals surface area contributed by atoms with Gasteiger partial charge < -0.3 is 10.1 Å². The Bertz CT molecular complexity index is 1210. The van der Waals surface area contributed by atoms with Gasteiger partial charge in [-0.3, -0.25) is 15.1 Å². The number of amides is 2. The van der Waals surface area contributed by atoms with Gasteiger partial charge in [-0.15, -0.1) is 0 Å². The molecule has 0 atom stereocenters. The highest BCUT2D eigenvalue weighted by molar-refractivity contribution is 6.31. The van der Waals surface area contributed by atoms with Gasteiger partial charge in [0.05, 0.1) is 18.5 Å². The largest absolute Gasteiger partial charge is 0.495 e. The summed E-state index contributed by atoms with van der Waals surface area (Å²) in [6.07, 6.45) is 0.565. The maximum absolute atomic E-state index is 12.8. The second kappa shape index (κ2) is 9.04. The van der Waals surface area contributed by atoms with Gasteiger partial charge in [0.15, 0.2) is 0 Å². The molecule has 0 bridgehead atoms. The minimum Gasteiger partial charge on any atom is -0.495 e. The van der Waals surface area contributed by atoms with Gasteiger partial charge >= 0.3 is 6.03 Å². The third-order valence-electron chi connectivity index (χ3n) is 4.89. The molecule has 32 heavy (non-hydrogen) atoms. The first-order valence-electron chi connectivity index (χ1n) is 10.2. The summed E-state index contributed by atoms with van der Waals surface area (Å²) in [6.45, 7) is 9.68. The fourth-order valence-corrected chi connectivity index (χ4v) is 3.33. The summed E-state index contributed by atoms with van der Waals surface area (Å²) in [5.74, 6) is 1.03. The van der Waals surface area contributed by atoms with Crippen LogP contribution in [0.25, 0.3) is 5.95 Å². The predicted octanol–water partition coefficient (Wildman–Crippen LogP) is 4.43. The van der Waals surface area contributed by atoms with Gasteiger partial charge in [-0.25, -0.2) is 9.78 Å². The number of hydrogen-bond donors (Lipinski definition) is 3. The van der Waals surface area contributed by atoms with Crippen LogP contribution in [0, 0.1) is 6.92 Å². The average molecular weight is 459 g/mol. The molecule has 170 valence electrons. The topological polar surface area (TPSA) is 114 Å². The Hall–Kier alpha value is -3.33. The molecule has 1 aromatic carbocycles. The number of rotatable bonds is 5. The minimum atomic E-state index is -0.531. The summed E-state index contributed by atoms with van der Waals surface area (Å²) in [5.41, 5.74) is 1.81. The highest BCUT2D eigenvalue weighted by atomic mass is 35.5. The Labute approximate surface area is 191 Å². The molecule has 0 spiro atoms. The lowest BCUT2D eigenvalue weighted by molar-refractivity contribution is 0.262. The van der Waals surface area contributed by atoms with Crippen LogP contribution in [0.2, 0.25) is 5.02 Å². The maximum Gasteiger partial charge on any atom is 0.324 e. The molecule has 0 fully saturated rings. The summed E-state index contributed by atoms with van der Waals surface area (Å²) in [5, 5.41) is 10.5. The van der Waals surface area contributed by atoms with Crippen LogP contribution in [0.5, 0.6) is 5.75 Å². The van der Waals surface area contributed by atoms with Gasteiger partial charge in [0.2, 0.25) is 5.95 Å². The Kier molecular flexibility index (Phi) is 6.59. The van der Waals surface area contributed by atoms with E-state index in [-0.39, 0.29) is 16.9 Å². The molecule has 3 N–H and O–H groups in total. The molecule has 2 amide bonds. The number of aromatic amines is 1. The average Bonchev–Trinajstić information content (AvgIpc) is 3.12. The summed E-state index contributed by atoms with van der Waals surface area (Å²) >= 11 is 6.05. The third-order valence-corrected chi connectivity index (χ3v) is 5.13. The van der Waals surface area contributed by atoms with Crippen LogP contribution in [0.3, 0.4) is 0 Å². The lowest BCUT2D eigenvalue weighted by atomic mass is 9.92. The van der Waals surface area contributed by atoms with E-state index in [1.165, 1.54) is 11.8 Å². The van der Waals surface area contributed by atoms with E-state index < -0.39 is 6.03 Å². The maximum atomic E-state index is 12.8. The Morgan fingerprint density at radius 2 is 1.97 bits per heavy atom. The molecule has 0 unspecified atom stereocenters. The molecule has 3 rings (SSSR count). The van der Waals surface area contributed by atoms with Gasteiger partial charge in [0.25, 0.3) is 5.56 Å².